The molecule has 5 nitrogen and oxygen atoms in total. The Balaban J connectivity index is 1.57. The molecule has 0 radical (unpaired) electrons. The van der Waals surface area contributed by atoms with Gasteiger partial charge < -0.3 is 10.6 Å². The molecule has 0 aromatic heterocycles. The number of para-hydroxylation sites is 1. The molecule has 1 fully saturated rings. The highest BCUT2D eigenvalue weighted by Gasteiger charge is 2.31. The Morgan fingerprint density at radius 2 is 1.81 bits per heavy atom. The normalized spacial score (nSPS) is 18.5. The molecule has 3 rings (SSSR count). The van der Waals surface area contributed by atoms with Gasteiger partial charge in [0.05, 0.1) is 12.0 Å². The third kappa shape index (κ3) is 5.31. The van der Waals surface area contributed by atoms with Gasteiger partial charge in [0.25, 0.3) is 0 Å². The number of anilines is 2. The first-order valence-corrected chi connectivity index (χ1v) is 9.57. The third-order valence-electron chi connectivity index (χ3n) is 4.88. The lowest BCUT2D eigenvalue weighted by Crippen LogP contribution is -2.49. The minimum absolute atomic E-state index is 0.00773. The van der Waals surface area contributed by atoms with Crippen molar-refractivity contribution >= 4 is 34.8 Å². The van der Waals surface area contributed by atoms with Crippen molar-refractivity contribution in [3.8, 4) is 0 Å². The molecule has 2 amide bonds. The predicted octanol–water partition coefficient (Wildman–Crippen LogP) is 4.02. The largest absolute Gasteiger partial charge is 0.326 e. The number of amides is 2. The highest BCUT2D eigenvalue weighted by atomic mass is 35.5. The Kier molecular flexibility index (Phi) is 6.48. The van der Waals surface area contributed by atoms with E-state index in [0.717, 1.165) is 25.1 Å². The van der Waals surface area contributed by atoms with E-state index in [1.807, 2.05) is 43.3 Å². The molecule has 2 unspecified atom stereocenters. The fourth-order valence-electron chi connectivity index (χ4n) is 3.32. The average molecular weight is 386 g/mol. The quantitative estimate of drug-likeness (QED) is 0.817. The Bertz CT molecular complexity index is 797. The second-order valence-electron chi connectivity index (χ2n) is 6.86. The van der Waals surface area contributed by atoms with E-state index in [2.05, 4.69) is 15.5 Å². The summed E-state index contributed by atoms with van der Waals surface area (Å²) in [5.74, 6) is -0.213. The number of hydrogen-bond acceptors (Lipinski definition) is 3. The maximum Gasteiger partial charge on any atom is 0.241 e. The number of piperidine rings is 1. The molecule has 0 spiro atoms. The van der Waals surface area contributed by atoms with Gasteiger partial charge in [0, 0.05) is 22.9 Å². The highest BCUT2D eigenvalue weighted by molar-refractivity contribution is 6.30. The zero-order chi connectivity index (χ0) is 19.2. The molecule has 2 aromatic rings. The van der Waals surface area contributed by atoms with Crippen LogP contribution in [0, 0.1) is 5.92 Å². The van der Waals surface area contributed by atoms with Crippen molar-refractivity contribution in [3.63, 3.8) is 0 Å². The molecule has 6 heteroatoms. The van der Waals surface area contributed by atoms with E-state index < -0.39 is 0 Å². The van der Waals surface area contributed by atoms with Gasteiger partial charge in [-0.25, -0.2) is 0 Å². The number of carbonyl (C=O) groups is 2. The van der Waals surface area contributed by atoms with Crippen LogP contribution in [-0.4, -0.2) is 35.8 Å². The molecule has 0 aliphatic carbocycles. The summed E-state index contributed by atoms with van der Waals surface area (Å²) >= 11 is 5.97. The molecule has 142 valence electrons. The molecule has 1 aliphatic heterocycles. The maximum atomic E-state index is 12.6. The van der Waals surface area contributed by atoms with E-state index in [0.29, 0.717) is 17.3 Å². The van der Waals surface area contributed by atoms with Crippen molar-refractivity contribution in [1.82, 2.24) is 4.90 Å². The van der Waals surface area contributed by atoms with E-state index in [9.17, 15) is 9.59 Å². The summed E-state index contributed by atoms with van der Waals surface area (Å²) in [6.07, 6.45) is 1.72. The molecule has 0 saturated carbocycles. The molecule has 2 N–H and O–H groups in total. The standard InChI is InChI=1S/C21H24ClN3O2/c1-15(20(26)24-19-11-5-8-17(22)13-19)25-12-6-7-16(14-25)21(27)23-18-9-3-2-4-10-18/h2-5,8-11,13,15-16H,6-7,12,14H2,1H3,(H,23,27)(H,24,26). The Hall–Kier alpha value is -2.37. The van der Waals surface area contributed by atoms with E-state index in [-0.39, 0.29) is 23.8 Å². The number of benzene rings is 2. The van der Waals surface area contributed by atoms with Crippen LogP contribution in [0.1, 0.15) is 19.8 Å². The molecule has 2 atom stereocenters. The Labute approximate surface area is 164 Å². The molecule has 2 aromatic carbocycles. The highest BCUT2D eigenvalue weighted by Crippen LogP contribution is 2.22. The lowest BCUT2D eigenvalue weighted by atomic mass is 9.95. The summed E-state index contributed by atoms with van der Waals surface area (Å²) in [5.41, 5.74) is 1.47. The first-order valence-electron chi connectivity index (χ1n) is 9.19. The summed E-state index contributed by atoms with van der Waals surface area (Å²) in [4.78, 5) is 27.2. The van der Waals surface area contributed by atoms with Crippen LogP contribution in [0.15, 0.2) is 54.6 Å². The number of likely N-dealkylation sites (tertiary alicyclic amines) is 1. The number of hydrogen-bond donors (Lipinski definition) is 2. The minimum atomic E-state index is -0.323. The van der Waals surface area contributed by atoms with Crippen LogP contribution >= 0.6 is 11.6 Å². The van der Waals surface area contributed by atoms with Crippen molar-refractivity contribution < 1.29 is 9.59 Å². The third-order valence-corrected chi connectivity index (χ3v) is 5.12. The van der Waals surface area contributed by atoms with Crippen LogP contribution in [0.4, 0.5) is 11.4 Å². The summed E-state index contributed by atoms with van der Waals surface area (Å²) < 4.78 is 0. The SMILES string of the molecule is CC(C(=O)Nc1cccc(Cl)c1)N1CCCC(C(=O)Nc2ccccc2)C1. The van der Waals surface area contributed by atoms with Gasteiger partial charge in [0.15, 0.2) is 0 Å². The van der Waals surface area contributed by atoms with Crippen molar-refractivity contribution in [2.75, 3.05) is 23.7 Å². The minimum Gasteiger partial charge on any atom is -0.326 e. The van der Waals surface area contributed by atoms with Gasteiger partial charge in [-0.15, -0.1) is 0 Å². The van der Waals surface area contributed by atoms with Crippen LogP contribution in [-0.2, 0) is 9.59 Å². The summed E-state index contributed by atoms with van der Waals surface area (Å²) in [6, 6.07) is 16.2. The van der Waals surface area contributed by atoms with Crippen molar-refractivity contribution in [3.05, 3.63) is 59.6 Å². The predicted molar refractivity (Wildman–Crippen MR) is 109 cm³/mol. The summed E-state index contributed by atoms with van der Waals surface area (Å²) in [7, 11) is 0. The summed E-state index contributed by atoms with van der Waals surface area (Å²) in [5, 5.41) is 6.44. The summed E-state index contributed by atoms with van der Waals surface area (Å²) in [6.45, 7) is 3.25. The van der Waals surface area contributed by atoms with Gasteiger partial charge in [0.1, 0.15) is 0 Å². The van der Waals surface area contributed by atoms with E-state index in [4.69, 9.17) is 11.6 Å². The lowest BCUT2D eigenvalue weighted by Gasteiger charge is -2.35. The van der Waals surface area contributed by atoms with Crippen LogP contribution in [0.2, 0.25) is 5.02 Å². The first-order chi connectivity index (χ1) is 13.0. The number of rotatable bonds is 5. The van der Waals surface area contributed by atoms with Gasteiger partial charge >= 0.3 is 0 Å². The second kappa shape index (κ2) is 9.02. The molecule has 0 bridgehead atoms. The van der Waals surface area contributed by atoms with Crippen molar-refractivity contribution in [2.24, 2.45) is 5.92 Å². The molecule has 1 heterocycles. The Morgan fingerprint density at radius 3 is 2.56 bits per heavy atom. The fraction of sp³-hybridized carbons (Fsp3) is 0.333. The van der Waals surface area contributed by atoms with Crippen molar-refractivity contribution in [1.29, 1.82) is 0 Å². The topological polar surface area (TPSA) is 61.4 Å². The van der Waals surface area contributed by atoms with E-state index in [1.54, 1.807) is 18.2 Å². The second-order valence-corrected chi connectivity index (χ2v) is 7.30. The number of halogens is 1. The van der Waals surface area contributed by atoms with E-state index >= 15 is 0 Å². The zero-order valence-corrected chi connectivity index (χ0v) is 16.1. The van der Waals surface area contributed by atoms with Gasteiger partial charge in [-0.05, 0) is 56.6 Å². The zero-order valence-electron chi connectivity index (χ0n) is 15.3. The van der Waals surface area contributed by atoms with Gasteiger partial charge in [-0.3, -0.25) is 14.5 Å². The number of carbonyl (C=O) groups excluding carboxylic acids is 2. The van der Waals surface area contributed by atoms with Gasteiger partial charge in [0.2, 0.25) is 11.8 Å². The monoisotopic (exact) mass is 385 g/mol. The first kappa shape index (κ1) is 19.4. The van der Waals surface area contributed by atoms with Crippen LogP contribution in [0.5, 0.6) is 0 Å². The molecule has 1 aliphatic rings. The maximum absolute atomic E-state index is 12.6. The van der Waals surface area contributed by atoms with Crippen LogP contribution in [0.25, 0.3) is 0 Å². The fourth-order valence-corrected chi connectivity index (χ4v) is 3.51. The number of nitrogens with zero attached hydrogens (tertiary/aromatic N) is 1. The van der Waals surface area contributed by atoms with Gasteiger partial charge in [-0.2, -0.15) is 0 Å². The van der Waals surface area contributed by atoms with Crippen molar-refractivity contribution in [2.45, 2.75) is 25.8 Å². The average Bonchev–Trinajstić information content (AvgIpc) is 2.68. The lowest BCUT2D eigenvalue weighted by molar-refractivity contribution is -0.125. The Morgan fingerprint density at radius 1 is 1.07 bits per heavy atom. The molecule has 1 saturated heterocycles. The number of nitrogens with one attached hydrogen (secondary N) is 2. The van der Waals surface area contributed by atoms with Crippen LogP contribution < -0.4 is 10.6 Å². The van der Waals surface area contributed by atoms with Gasteiger partial charge in [-0.1, -0.05) is 35.9 Å². The molecular formula is C21H24ClN3O2. The molecule has 27 heavy (non-hydrogen) atoms. The van der Waals surface area contributed by atoms with E-state index in [1.165, 1.54) is 0 Å². The van der Waals surface area contributed by atoms with Crippen LogP contribution in [0.3, 0.4) is 0 Å². The molecular weight excluding hydrogens is 362 g/mol. The smallest absolute Gasteiger partial charge is 0.241 e.